The van der Waals surface area contributed by atoms with Crippen molar-refractivity contribution in [3.8, 4) is 0 Å². The maximum atomic E-state index is 2.24. The summed E-state index contributed by atoms with van der Waals surface area (Å²) in [5.41, 5.74) is 4.62. The lowest BCUT2D eigenvalue weighted by molar-refractivity contribution is 0.855. The molecule has 0 bridgehead atoms. The van der Waals surface area contributed by atoms with Crippen molar-refractivity contribution >= 4 is 0 Å². The van der Waals surface area contributed by atoms with E-state index in [9.17, 15) is 0 Å². The minimum Gasteiger partial charge on any atom is -0.0887 e. The Kier molecular flexibility index (Phi) is 5.79. The van der Waals surface area contributed by atoms with Crippen LogP contribution in [0.1, 0.15) is 53.9 Å². The first-order valence-corrected chi connectivity index (χ1v) is 4.88. The summed E-state index contributed by atoms with van der Waals surface area (Å²) in [6.07, 6.45) is 5.89. The smallest absolute Gasteiger partial charge is 0.0281 e. The Bertz CT molecular complexity index is 178. The maximum absolute atomic E-state index is 2.24. The summed E-state index contributed by atoms with van der Waals surface area (Å²) in [5.74, 6) is 0. The molecule has 0 saturated carbocycles. The van der Waals surface area contributed by atoms with E-state index in [2.05, 4.69) is 40.7 Å². The highest BCUT2D eigenvalue weighted by molar-refractivity contribution is 5.11. The molecule has 0 aliphatic heterocycles. The molecule has 0 aliphatic rings. The van der Waals surface area contributed by atoms with Gasteiger partial charge in [-0.1, -0.05) is 29.7 Å². The highest BCUT2D eigenvalue weighted by Gasteiger charge is 1.97. The van der Waals surface area contributed by atoms with Gasteiger partial charge in [0.25, 0.3) is 0 Å². The molecule has 70 valence electrons. The number of hydrogen-bond donors (Lipinski definition) is 0. The van der Waals surface area contributed by atoms with Crippen LogP contribution in [0, 0.1) is 0 Å². The van der Waals surface area contributed by atoms with Crippen molar-refractivity contribution in [2.45, 2.75) is 53.9 Å². The third-order valence-corrected chi connectivity index (χ3v) is 2.45. The SMILES string of the molecule is C/C=C(\C)CCC(CC)=C(C)C. The summed E-state index contributed by atoms with van der Waals surface area (Å²) in [4.78, 5) is 0. The maximum Gasteiger partial charge on any atom is -0.0281 e. The first-order chi connectivity index (χ1) is 5.61. The quantitative estimate of drug-likeness (QED) is 0.540. The number of rotatable bonds is 4. The molecule has 0 nitrogen and oxygen atoms in total. The third-order valence-electron chi connectivity index (χ3n) is 2.45. The van der Waals surface area contributed by atoms with E-state index in [-0.39, 0.29) is 0 Å². The predicted octanol–water partition coefficient (Wildman–Crippen LogP) is 4.48. The normalized spacial score (nSPS) is 11.6. The highest BCUT2D eigenvalue weighted by atomic mass is 14.0. The van der Waals surface area contributed by atoms with Crippen LogP contribution in [0.25, 0.3) is 0 Å². The molecule has 0 saturated heterocycles. The zero-order chi connectivity index (χ0) is 9.56. The van der Waals surface area contributed by atoms with Crippen LogP contribution in [0.15, 0.2) is 22.8 Å². The standard InChI is InChI=1S/C12H22/c1-6-11(5)8-9-12(7-2)10(3)4/h6H,7-9H2,1-5H3/b11-6+. The van der Waals surface area contributed by atoms with Crippen molar-refractivity contribution in [2.75, 3.05) is 0 Å². The molecule has 0 heteroatoms. The lowest BCUT2D eigenvalue weighted by Gasteiger charge is -2.07. The van der Waals surface area contributed by atoms with Gasteiger partial charge in [-0.05, 0) is 47.0 Å². The Labute approximate surface area is 77.4 Å². The van der Waals surface area contributed by atoms with Crippen molar-refractivity contribution in [1.29, 1.82) is 0 Å². The van der Waals surface area contributed by atoms with Crippen LogP contribution in [0.3, 0.4) is 0 Å². The highest BCUT2D eigenvalue weighted by Crippen LogP contribution is 2.17. The predicted molar refractivity (Wildman–Crippen MR) is 57.3 cm³/mol. The molecule has 0 heterocycles. The van der Waals surface area contributed by atoms with E-state index in [4.69, 9.17) is 0 Å². The van der Waals surface area contributed by atoms with Crippen LogP contribution < -0.4 is 0 Å². The Morgan fingerprint density at radius 2 is 1.67 bits per heavy atom. The van der Waals surface area contributed by atoms with Crippen LogP contribution in [-0.4, -0.2) is 0 Å². The second-order valence-corrected chi connectivity index (χ2v) is 3.59. The van der Waals surface area contributed by atoms with Gasteiger partial charge in [0.05, 0.1) is 0 Å². The lowest BCUT2D eigenvalue weighted by atomic mass is 10.00. The van der Waals surface area contributed by atoms with E-state index in [0.29, 0.717) is 0 Å². The summed E-state index contributed by atoms with van der Waals surface area (Å²) in [7, 11) is 0. The van der Waals surface area contributed by atoms with Crippen molar-refractivity contribution < 1.29 is 0 Å². The molecule has 0 aromatic heterocycles. The van der Waals surface area contributed by atoms with E-state index < -0.39 is 0 Å². The first kappa shape index (κ1) is 11.5. The molecule has 0 rings (SSSR count). The molecular weight excluding hydrogens is 144 g/mol. The second-order valence-electron chi connectivity index (χ2n) is 3.59. The summed E-state index contributed by atoms with van der Waals surface area (Å²) >= 11 is 0. The zero-order valence-electron chi connectivity index (χ0n) is 9.20. The molecule has 0 aromatic carbocycles. The van der Waals surface area contributed by atoms with Gasteiger partial charge in [0.1, 0.15) is 0 Å². The van der Waals surface area contributed by atoms with Gasteiger partial charge in [0, 0.05) is 0 Å². The number of allylic oxidation sites excluding steroid dienone is 4. The number of hydrogen-bond acceptors (Lipinski definition) is 0. The Morgan fingerprint density at radius 3 is 2.00 bits per heavy atom. The molecule has 0 N–H and O–H groups in total. The minimum absolute atomic E-state index is 1.21. The van der Waals surface area contributed by atoms with E-state index in [1.54, 1.807) is 5.57 Å². The van der Waals surface area contributed by atoms with E-state index >= 15 is 0 Å². The van der Waals surface area contributed by atoms with Gasteiger partial charge >= 0.3 is 0 Å². The van der Waals surface area contributed by atoms with Crippen LogP contribution >= 0.6 is 0 Å². The molecular formula is C12H22. The molecule has 0 amide bonds. The molecule has 0 aliphatic carbocycles. The van der Waals surface area contributed by atoms with Crippen molar-refractivity contribution in [2.24, 2.45) is 0 Å². The summed E-state index contributed by atoms with van der Waals surface area (Å²) in [6.45, 7) is 11.0. The molecule has 0 aromatic rings. The molecule has 0 fully saturated rings. The van der Waals surface area contributed by atoms with Gasteiger partial charge < -0.3 is 0 Å². The van der Waals surface area contributed by atoms with Gasteiger partial charge in [-0.25, -0.2) is 0 Å². The first-order valence-electron chi connectivity index (χ1n) is 4.88. The average molecular weight is 166 g/mol. The minimum atomic E-state index is 1.21. The fraction of sp³-hybridized carbons (Fsp3) is 0.667. The summed E-state index contributed by atoms with van der Waals surface area (Å²) in [5, 5.41) is 0. The lowest BCUT2D eigenvalue weighted by Crippen LogP contribution is -1.86. The van der Waals surface area contributed by atoms with Crippen LogP contribution in [0.5, 0.6) is 0 Å². The Balaban J connectivity index is 4.00. The van der Waals surface area contributed by atoms with Crippen molar-refractivity contribution in [3.63, 3.8) is 0 Å². The van der Waals surface area contributed by atoms with Crippen molar-refractivity contribution in [1.82, 2.24) is 0 Å². The van der Waals surface area contributed by atoms with Gasteiger partial charge in [0.2, 0.25) is 0 Å². The molecule has 0 spiro atoms. The van der Waals surface area contributed by atoms with Gasteiger partial charge in [0.15, 0.2) is 0 Å². The van der Waals surface area contributed by atoms with Crippen LogP contribution in [0.2, 0.25) is 0 Å². The van der Waals surface area contributed by atoms with Gasteiger partial charge in [-0.3, -0.25) is 0 Å². The topological polar surface area (TPSA) is 0 Å². The zero-order valence-corrected chi connectivity index (χ0v) is 9.20. The van der Waals surface area contributed by atoms with Crippen LogP contribution in [-0.2, 0) is 0 Å². The monoisotopic (exact) mass is 166 g/mol. The molecule has 0 atom stereocenters. The van der Waals surface area contributed by atoms with E-state index in [1.807, 2.05) is 0 Å². The molecule has 0 radical (unpaired) electrons. The van der Waals surface area contributed by atoms with Gasteiger partial charge in [-0.2, -0.15) is 0 Å². The molecule has 0 unspecified atom stereocenters. The van der Waals surface area contributed by atoms with Crippen LogP contribution in [0.4, 0.5) is 0 Å². The second kappa shape index (κ2) is 6.05. The van der Waals surface area contributed by atoms with E-state index in [0.717, 1.165) is 0 Å². The fourth-order valence-electron chi connectivity index (χ4n) is 1.27. The summed E-state index contributed by atoms with van der Waals surface area (Å²) < 4.78 is 0. The van der Waals surface area contributed by atoms with Crippen molar-refractivity contribution in [3.05, 3.63) is 22.8 Å². The Hall–Kier alpha value is -0.520. The summed E-state index contributed by atoms with van der Waals surface area (Å²) in [6, 6.07) is 0. The van der Waals surface area contributed by atoms with Gasteiger partial charge in [-0.15, -0.1) is 0 Å². The molecule has 12 heavy (non-hydrogen) atoms. The average Bonchev–Trinajstić information content (AvgIpc) is 2.04. The van der Waals surface area contributed by atoms with E-state index in [1.165, 1.54) is 30.4 Å². The Morgan fingerprint density at radius 1 is 1.08 bits per heavy atom. The third kappa shape index (κ3) is 4.38. The fourth-order valence-corrected chi connectivity index (χ4v) is 1.27. The largest absolute Gasteiger partial charge is 0.0887 e.